The van der Waals surface area contributed by atoms with Crippen molar-refractivity contribution < 1.29 is 18.3 Å². The molecule has 2 N–H and O–H groups in total. The highest BCUT2D eigenvalue weighted by Crippen LogP contribution is 2.29. The van der Waals surface area contributed by atoms with Gasteiger partial charge in [-0.15, -0.1) is 0 Å². The number of benzene rings is 1. The number of carboxylic acids is 1. The van der Waals surface area contributed by atoms with Crippen molar-refractivity contribution in [2.45, 2.75) is 43.0 Å². The first kappa shape index (κ1) is 22.8. The smallest absolute Gasteiger partial charge is 0.339 e. The quantitative estimate of drug-likeness (QED) is 0.652. The van der Waals surface area contributed by atoms with Crippen LogP contribution in [0.1, 0.15) is 42.5 Å². The van der Waals surface area contributed by atoms with Crippen molar-refractivity contribution >= 4 is 39.1 Å². The van der Waals surface area contributed by atoms with E-state index in [-0.39, 0.29) is 21.2 Å². The van der Waals surface area contributed by atoms with Gasteiger partial charge in [0.15, 0.2) is 0 Å². The van der Waals surface area contributed by atoms with E-state index >= 15 is 0 Å². The number of hydrogen-bond donors (Lipinski definition) is 2. The molecule has 0 aliphatic carbocycles. The average molecular weight is 479 g/mol. The number of rotatable bonds is 6. The summed E-state index contributed by atoms with van der Waals surface area (Å²) < 4.78 is 27.8. The second kappa shape index (κ2) is 9.64. The van der Waals surface area contributed by atoms with Gasteiger partial charge < -0.3 is 14.9 Å². The Balaban J connectivity index is 1.50. The molecule has 3 heterocycles. The van der Waals surface area contributed by atoms with E-state index in [0.29, 0.717) is 11.9 Å². The summed E-state index contributed by atoms with van der Waals surface area (Å²) in [5, 5.41) is 9.85. The third-order valence-corrected chi connectivity index (χ3v) is 8.03. The number of piperidine rings is 2. The minimum Gasteiger partial charge on any atom is -0.478 e. The molecule has 0 saturated carbocycles. The van der Waals surface area contributed by atoms with E-state index in [4.69, 9.17) is 11.6 Å². The maximum absolute atomic E-state index is 12.7. The van der Waals surface area contributed by atoms with Crippen LogP contribution in [0.3, 0.4) is 0 Å². The molecule has 0 amide bonds. The van der Waals surface area contributed by atoms with Gasteiger partial charge in [-0.3, -0.25) is 4.72 Å². The highest BCUT2D eigenvalue weighted by atomic mass is 35.5. The second-order valence-corrected chi connectivity index (χ2v) is 10.3. The number of carboxylic acid groups (broad SMARTS) is 1. The first-order chi connectivity index (χ1) is 15.3. The van der Waals surface area contributed by atoms with Gasteiger partial charge in [0.05, 0.1) is 16.9 Å². The maximum Gasteiger partial charge on any atom is 0.339 e. The molecule has 0 radical (unpaired) electrons. The summed E-state index contributed by atoms with van der Waals surface area (Å²) in [6.07, 6.45) is 7.07. The van der Waals surface area contributed by atoms with Gasteiger partial charge in [-0.2, -0.15) is 0 Å². The Morgan fingerprint density at radius 1 is 1.09 bits per heavy atom. The topological polar surface area (TPSA) is 103 Å². The number of nitrogens with one attached hydrogen (secondary N) is 1. The lowest BCUT2D eigenvalue weighted by Crippen LogP contribution is -2.47. The van der Waals surface area contributed by atoms with E-state index in [0.717, 1.165) is 39.0 Å². The Morgan fingerprint density at radius 2 is 1.78 bits per heavy atom. The molecule has 2 aliphatic rings. The summed E-state index contributed by atoms with van der Waals surface area (Å²) in [6.45, 7) is 3.73. The summed E-state index contributed by atoms with van der Waals surface area (Å²) in [7, 11) is -3.98. The lowest BCUT2D eigenvalue weighted by atomic mass is 9.99. The number of nitrogens with zero attached hydrogens (tertiary/aromatic N) is 3. The van der Waals surface area contributed by atoms with Crippen LogP contribution in [0, 0.1) is 0 Å². The van der Waals surface area contributed by atoms with Crippen molar-refractivity contribution in [3.63, 3.8) is 0 Å². The molecule has 2 fully saturated rings. The van der Waals surface area contributed by atoms with Crippen molar-refractivity contribution in [1.29, 1.82) is 0 Å². The monoisotopic (exact) mass is 478 g/mol. The SMILES string of the molecule is O=C(O)c1cc(NS(=O)(=O)c2ccccc2Cl)cnc1N1CCC(N2CCCCC2)CC1. The van der Waals surface area contributed by atoms with Gasteiger partial charge in [-0.25, -0.2) is 18.2 Å². The van der Waals surface area contributed by atoms with Gasteiger partial charge >= 0.3 is 5.97 Å². The number of hydrogen-bond acceptors (Lipinski definition) is 6. The minimum absolute atomic E-state index is 0.0271. The highest BCUT2D eigenvalue weighted by molar-refractivity contribution is 7.92. The van der Waals surface area contributed by atoms with Gasteiger partial charge in [0, 0.05) is 19.1 Å². The molecule has 4 rings (SSSR count). The largest absolute Gasteiger partial charge is 0.478 e. The fraction of sp³-hybridized carbons (Fsp3) is 0.455. The second-order valence-electron chi connectivity index (χ2n) is 8.25. The van der Waals surface area contributed by atoms with Gasteiger partial charge in [0.25, 0.3) is 10.0 Å². The van der Waals surface area contributed by atoms with E-state index in [1.165, 1.54) is 43.7 Å². The molecular formula is C22H27ClN4O4S. The van der Waals surface area contributed by atoms with E-state index in [9.17, 15) is 18.3 Å². The summed E-state index contributed by atoms with van der Waals surface area (Å²) in [5.74, 6) is -0.778. The molecule has 2 saturated heterocycles. The molecule has 0 spiro atoms. The molecule has 1 aromatic carbocycles. The number of aromatic carboxylic acids is 1. The van der Waals surface area contributed by atoms with Crippen LogP contribution in [0.4, 0.5) is 11.5 Å². The van der Waals surface area contributed by atoms with E-state index < -0.39 is 16.0 Å². The maximum atomic E-state index is 12.7. The number of likely N-dealkylation sites (tertiary alicyclic amines) is 1. The number of halogens is 1. The van der Waals surface area contributed by atoms with Crippen LogP contribution in [0.5, 0.6) is 0 Å². The Hall–Kier alpha value is -2.36. The van der Waals surface area contributed by atoms with E-state index in [1.54, 1.807) is 12.1 Å². The third kappa shape index (κ3) is 5.00. The molecule has 1 aromatic heterocycles. The van der Waals surface area contributed by atoms with Gasteiger partial charge in [0.2, 0.25) is 0 Å². The van der Waals surface area contributed by atoms with Crippen molar-refractivity contribution in [1.82, 2.24) is 9.88 Å². The van der Waals surface area contributed by atoms with Crippen LogP contribution in [0.25, 0.3) is 0 Å². The molecule has 0 unspecified atom stereocenters. The number of carbonyl (C=O) groups is 1. The van der Waals surface area contributed by atoms with Crippen LogP contribution in [-0.2, 0) is 10.0 Å². The molecule has 2 aliphatic heterocycles. The first-order valence-electron chi connectivity index (χ1n) is 10.8. The molecule has 172 valence electrons. The Bertz CT molecular complexity index is 1080. The Labute approximate surface area is 193 Å². The standard InChI is InChI=1S/C22H27ClN4O4S/c23-19-6-2-3-7-20(19)32(30,31)25-16-14-18(22(28)29)21(24-15-16)27-12-8-17(9-13-27)26-10-4-1-5-11-26/h2-3,6-7,14-15,17,25H,1,4-5,8-13H2,(H,28,29). The zero-order chi connectivity index (χ0) is 22.7. The first-order valence-corrected chi connectivity index (χ1v) is 12.7. The highest BCUT2D eigenvalue weighted by Gasteiger charge is 2.28. The lowest BCUT2D eigenvalue weighted by molar-refractivity contribution is 0.0697. The van der Waals surface area contributed by atoms with Gasteiger partial charge in [-0.1, -0.05) is 30.2 Å². The summed E-state index contributed by atoms with van der Waals surface area (Å²) in [6, 6.07) is 7.91. The van der Waals surface area contributed by atoms with Crippen molar-refractivity contribution in [3.05, 3.63) is 47.1 Å². The van der Waals surface area contributed by atoms with Crippen molar-refractivity contribution in [3.8, 4) is 0 Å². The van der Waals surface area contributed by atoms with Crippen LogP contribution in [0.15, 0.2) is 41.4 Å². The number of sulfonamides is 1. The third-order valence-electron chi connectivity index (χ3n) is 6.15. The lowest BCUT2D eigenvalue weighted by Gasteiger charge is -2.40. The average Bonchev–Trinajstić information content (AvgIpc) is 2.79. The molecular weight excluding hydrogens is 452 g/mol. The number of pyridine rings is 1. The molecule has 2 aromatic rings. The zero-order valence-electron chi connectivity index (χ0n) is 17.7. The molecule has 8 nitrogen and oxygen atoms in total. The predicted octanol–water partition coefficient (Wildman–Crippen LogP) is 3.69. The fourth-order valence-electron chi connectivity index (χ4n) is 4.52. The Morgan fingerprint density at radius 3 is 2.44 bits per heavy atom. The van der Waals surface area contributed by atoms with Crippen LogP contribution < -0.4 is 9.62 Å². The molecule has 32 heavy (non-hydrogen) atoms. The summed E-state index contributed by atoms with van der Waals surface area (Å²) in [5.41, 5.74) is 0.0510. The molecule has 0 atom stereocenters. The Kier molecular flexibility index (Phi) is 6.88. The van der Waals surface area contributed by atoms with Gasteiger partial charge in [-0.05, 0) is 57.0 Å². The summed E-state index contributed by atoms with van der Waals surface area (Å²) in [4.78, 5) is 20.7. The zero-order valence-corrected chi connectivity index (χ0v) is 19.3. The molecule has 10 heteroatoms. The normalized spacial score (nSPS) is 18.5. The van der Waals surface area contributed by atoms with Gasteiger partial charge in [0.1, 0.15) is 16.3 Å². The van der Waals surface area contributed by atoms with E-state index in [2.05, 4.69) is 14.6 Å². The van der Waals surface area contributed by atoms with Crippen LogP contribution in [-0.4, -0.2) is 61.6 Å². The van der Waals surface area contributed by atoms with E-state index in [1.807, 2.05) is 4.90 Å². The molecule has 0 bridgehead atoms. The van der Waals surface area contributed by atoms with Crippen LogP contribution >= 0.6 is 11.6 Å². The van der Waals surface area contributed by atoms with Crippen LogP contribution in [0.2, 0.25) is 5.02 Å². The summed E-state index contributed by atoms with van der Waals surface area (Å²) >= 11 is 6.01. The minimum atomic E-state index is -3.98. The van der Waals surface area contributed by atoms with Crippen molar-refractivity contribution in [2.24, 2.45) is 0 Å². The fourth-order valence-corrected chi connectivity index (χ4v) is 6.08. The number of anilines is 2. The number of aromatic nitrogens is 1. The predicted molar refractivity (Wildman–Crippen MR) is 124 cm³/mol. The van der Waals surface area contributed by atoms with Crippen molar-refractivity contribution in [2.75, 3.05) is 35.8 Å².